The number of aromatic amines is 1. The zero-order chi connectivity index (χ0) is 25.3. The standard InChI is InChI=1S/C29H38ClN3O3/c1-16-18-13-17(5-7-21(18)32-31-16)19-6-8-23-26(19,2)9-11-28(30)14-20-24(34)25(35)22(33(3)4)15-27(20)10-12-29(23,28)36-27/h5-7,13,20,22-25,34-35H,8-12,14-15H2,1-4H3,(H,31,32). The summed E-state index contributed by atoms with van der Waals surface area (Å²) in [5, 5.41) is 31.0. The molecule has 2 aromatic rings. The normalized spacial score (nSPS) is 47.6. The van der Waals surface area contributed by atoms with E-state index in [-0.39, 0.29) is 17.4 Å². The maximum Gasteiger partial charge on any atom is 0.0958 e. The van der Waals surface area contributed by atoms with E-state index in [1.807, 2.05) is 19.0 Å². The highest BCUT2D eigenvalue weighted by molar-refractivity contribution is 6.25. The minimum absolute atomic E-state index is 0.0180. The largest absolute Gasteiger partial charge is 0.390 e. The number of nitrogens with one attached hydrogen (secondary N) is 1. The monoisotopic (exact) mass is 511 g/mol. The Bertz CT molecular complexity index is 1280. The van der Waals surface area contributed by atoms with Gasteiger partial charge >= 0.3 is 0 Å². The number of allylic oxidation sites excluding steroid dienone is 2. The van der Waals surface area contributed by atoms with Crippen LogP contribution in [0.4, 0.5) is 0 Å². The van der Waals surface area contributed by atoms with Gasteiger partial charge in [-0.3, -0.25) is 5.10 Å². The van der Waals surface area contributed by atoms with Crippen LogP contribution in [0.5, 0.6) is 0 Å². The number of aryl methyl sites for hydroxylation is 1. The zero-order valence-electron chi connectivity index (χ0n) is 21.7. The average molecular weight is 512 g/mol. The Kier molecular flexibility index (Phi) is 4.83. The predicted molar refractivity (Wildman–Crippen MR) is 141 cm³/mol. The fraction of sp³-hybridized carbons (Fsp3) is 0.690. The predicted octanol–water partition coefficient (Wildman–Crippen LogP) is 4.42. The molecule has 2 bridgehead atoms. The third kappa shape index (κ3) is 2.75. The van der Waals surface area contributed by atoms with Crippen LogP contribution >= 0.6 is 11.6 Å². The molecule has 36 heavy (non-hydrogen) atoms. The maximum absolute atomic E-state index is 11.3. The van der Waals surface area contributed by atoms with Crippen molar-refractivity contribution >= 4 is 28.1 Å². The van der Waals surface area contributed by atoms with Gasteiger partial charge in [-0.1, -0.05) is 19.1 Å². The summed E-state index contributed by atoms with van der Waals surface area (Å²) in [5.74, 6) is 0.177. The molecule has 7 rings (SSSR count). The molecule has 0 amide bonds. The van der Waals surface area contributed by atoms with Crippen molar-refractivity contribution in [2.24, 2.45) is 17.3 Å². The van der Waals surface area contributed by atoms with Crippen molar-refractivity contribution in [2.75, 3.05) is 14.1 Å². The molecule has 9 unspecified atom stereocenters. The van der Waals surface area contributed by atoms with Gasteiger partial charge in [0.1, 0.15) is 0 Å². The van der Waals surface area contributed by atoms with Gasteiger partial charge in [0.25, 0.3) is 0 Å². The molecular formula is C29H38ClN3O3. The van der Waals surface area contributed by atoms with Gasteiger partial charge in [0.2, 0.25) is 0 Å². The molecule has 3 N–H and O–H groups in total. The van der Waals surface area contributed by atoms with Gasteiger partial charge in [-0.2, -0.15) is 5.10 Å². The van der Waals surface area contributed by atoms with Crippen LogP contribution in [0, 0.1) is 24.2 Å². The second-order valence-electron chi connectivity index (χ2n) is 13.0. The molecule has 6 nitrogen and oxygen atoms in total. The molecular weight excluding hydrogens is 474 g/mol. The first-order valence-corrected chi connectivity index (χ1v) is 14.0. The Balaban J connectivity index is 1.28. The number of fused-ring (bicyclic) bond motifs is 2. The van der Waals surface area contributed by atoms with Crippen LogP contribution in [0.1, 0.15) is 63.1 Å². The van der Waals surface area contributed by atoms with Crippen LogP contribution in [0.15, 0.2) is 24.3 Å². The number of nitrogens with zero attached hydrogens (tertiary/aromatic N) is 2. The van der Waals surface area contributed by atoms with E-state index in [9.17, 15) is 10.2 Å². The summed E-state index contributed by atoms with van der Waals surface area (Å²) in [6, 6.07) is 6.52. The number of benzene rings is 1. The minimum Gasteiger partial charge on any atom is -0.390 e. The lowest BCUT2D eigenvalue weighted by Crippen LogP contribution is -2.72. The highest BCUT2D eigenvalue weighted by Crippen LogP contribution is 2.73. The summed E-state index contributed by atoms with van der Waals surface area (Å²) >= 11 is 7.63. The quantitative estimate of drug-likeness (QED) is 0.520. The smallest absolute Gasteiger partial charge is 0.0958 e. The first-order valence-electron chi connectivity index (χ1n) is 13.6. The molecule has 2 aliphatic heterocycles. The fourth-order valence-electron chi connectivity index (χ4n) is 9.31. The molecule has 1 aromatic heterocycles. The SMILES string of the molecule is Cc1[nH]nc2ccc(C3=CCC4C3(C)CCC3(Cl)CC5C(O)C(O)C(N(C)C)CC56CCC43O6)cc12. The number of ether oxygens (including phenoxy) is 1. The summed E-state index contributed by atoms with van der Waals surface area (Å²) in [7, 11) is 3.97. The Labute approximate surface area is 218 Å². The van der Waals surface area contributed by atoms with E-state index < -0.39 is 28.3 Å². The number of halogens is 1. The molecule has 2 saturated heterocycles. The Hall–Kier alpha value is -1.44. The molecule has 9 atom stereocenters. The number of aliphatic hydroxyl groups is 2. The van der Waals surface area contributed by atoms with E-state index >= 15 is 0 Å². The number of hydrogen-bond donors (Lipinski definition) is 3. The zero-order valence-corrected chi connectivity index (χ0v) is 22.5. The molecule has 7 heteroatoms. The van der Waals surface area contributed by atoms with Crippen molar-refractivity contribution in [3.05, 3.63) is 35.5 Å². The molecule has 3 heterocycles. The fourth-order valence-corrected chi connectivity index (χ4v) is 9.84. The van der Waals surface area contributed by atoms with Gasteiger partial charge in [0.05, 0.1) is 33.8 Å². The second kappa shape index (κ2) is 7.35. The molecule has 194 valence electrons. The molecule has 2 spiro atoms. The van der Waals surface area contributed by atoms with Crippen molar-refractivity contribution in [1.29, 1.82) is 0 Å². The summed E-state index contributed by atoms with van der Waals surface area (Å²) in [4.78, 5) is 1.53. The lowest BCUT2D eigenvalue weighted by atomic mass is 9.52. The Morgan fingerprint density at radius 2 is 1.92 bits per heavy atom. The summed E-state index contributed by atoms with van der Waals surface area (Å²) in [6.45, 7) is 4.51. The number of H-pyrrole nitrogens is 1. The highest BCUT2D eigenvalue weighted by Gasteiger charge is 2.76. The lowest BCUT2D eigenvalue weighted by molar-refractivity contribution is -0.276. The number of alkyl halides is 1. The number of aromatic nitrogens is 2. The average Bonchev–Trinajstić information content (AvgIpc) is 3.50. The van der Waals surface area contributed by atoms with Crippen LogP contribution < -0.4 is 0 Å². The molecule has 2 saturated carbocycles. The van der Waals surface area contributed by atoms with Crippen molar-refractivity contribution in [3.63, 3.8) is 0 Å². The Morgan fingerprint density at radius 1 is 1.11 bits per heavy atom. The topological polar surface area (TPSA) is 81.6 Å². The van der Waals surface area contributed by atoms with E-state index in [1.165, 1.54) is 16.5 Å². The van der Waals surface area contributed by atoms with E-state index in [0.29, 0.717) is 5.92 Å². The molecule has 0 radical (unpaired) electrons. The molecule has 4 fully saturated rings. The number of rotatable bonds is 2. The van der Waals surface area contributed by atoms with Crippen molar-refractivity contribution < 1.29 is 14.9 Å². The van der Waals surface area contributed by atoms with Gasteiger partial charge in [-0.25, -0.2) is 0 Å². The van der Waals surface area contributed by atoms with Gasteiger partial charge in [-0.05, 0) is 94.6 Å². The van der Waals surface area contributed by atoms with Gasteiger partial charge in [-0.15, -0.1) is 11.6 Å². The third-order valence-electron chi connectivity index (χ3n) is 11.3. The first kappa shape index (κ1) is 23.7. The van der Waals surface area contributed by atoms with Crippen molar-refractivity contribution in [1.82, 2.24) is 15.1 Å². The number of hydrogen-bond acceptors (Lipinski definition) is 5. The van der Waals surface area contributed by atoms with Crippen LogP contribution in [0.3, 0.4) is 0 Å². The van der Waals surface area contributed by atoms with E-state index in [0.717, 1.165) is 56.2 Å². The van der Waals surface area contributed by atoms with Crippen molar-refractivity contribution in [2.45, 2.75) is 93.1 Å². The first-order chi connectivity index (χ1) is 17.0. The summed E-state index contributed by atoms with van der Waals surface area (Å²) in [6.07, 6.45) is 6.98. The lowest BCUT2D eigenvalue weighted by Gasteiger charge is -2.65. The second-order valence-corrected chi connectivity index (χ2v) is 13.7. The minimum atomic E-state index is -0.812. The van der Waals surface area contributed by atoms with Crippen LogP contribution in [0.25, 0.3) is 16.5 Å². The van der Waals surface area contributed by atoms with E-state index in [1.54, 1.807) is 0 Å². The molecule has 1 aromatic carbocycles. The Morgan fingerprint density at radius 3 is 2.69 bits per heavy atom. The van der Waals surface area contributed by atoms with Crippen LogP contribution in [0.2, 0.25) is 0 Å². The highest BCUT2D eigenvalue weighted by atomic mass is 35.5. The number of likely N-dealkylation sites (N-methyl/N-ethyl adjacent to an activating group) is 1. The maximum atomic E-state index is 11.3. The number of aliphatic hydroxyl groups excluding tert-OH is 2. The van der Waals surface area contributed by atoms with Crippen LogP contribution in [-0.2, 0) is 4.74 Å². The van der Waals surface area contributed by atoms with E-state index in [2.05, 4.69) is 48.3 Å². The third-order valence-corrected chi connectivity index (χ3v) is 11.9. The summed E-state index contributed by atoms with van der Waals surface area (Å²) < 4.78 is 7.34. The molecule has 3 aliphatic carbocycles. The van der Waals surface area contributed by atoms with Gasteiger partial charge < -0.3 is 19.8 Å². The van der Waals surface area contributed by atoms with Gasteiger partial charge in [0.15, 0.2) is 0 Å². The summed E-state index contributed by atoms with van der Waals surface area (Å²) in [5.41, 5.74) is 3.95. The molecule has 5 aliphatic rings. The van der Waals surface area contributed by atoms with E-state index in [4.69, 9.17) is 16.3 Å². The van der Waals surface area contributed by atoms with Gasteiger partial charge in [0, 0.05) is 29.0 Å². The van der Waals surface area contributed by atoms with Crippen LogP contribution in [-0.4, -0.2) is 73.7 Å². The van der Waals surface area contributed by atoms with Crippen molar-refractivity contribution in [3.8, 4) is 0 Å².